The van der Waals surface area contributed by atoms with Crippen LogP contribution in [0.2, 0.25) is 0 Å². The topological polar surface area (TPSA) is 153 Å². The average Bonchev–Trinajstić information content (AvgIpc) is 2.78. The van der Waals surface area contributed by atoms with Crippen LogP contribution in [0.4, 0.5) is 0 Å². The fourth-order valence-electron chi connectivity index (χ4n) is 0.464. The Morgan fingerprint density at radius 2 is 1.25 bits per heavy atom. The molecule has 2 heterocycles. The van der Waals surface area contributed by atoms with E-state index >= 15 is 0 Å². The van der Waals surface area contributed by atoms with Crippen LogP contribution in [-0.2, 0) is 0 Å². The molecule has 0 saturated carbocycles. The highest BCUT2D eigenvalue weighted by atomic mass is 16.5. The normalized spacial score (nSPS) is 8.19. The Hall–Kier alpha value is -2.04. The average molecular weight is 232 g/mol. The van der Waals surface area contributed by atoms with E-state index in [4.69, 9.17) is 15.1 Å². The van der Waals surface area contributed by atoms with Crippen molar-refractivity contribution in [2.75, 3.05) is 0 Å². The molecular weight excluding hydrogens is 223 g/mol. The molecule has 16 heavy (non-hydrogen) atoms. The van der Waals surface area contributed by atoms with E-state index in [1.54, 1.807) is 0 Å². The molecule has 0 aliphatic rings. The molecule has 2 rings (SSSR count). The van der Waals surface area contributed by atoms with E-state index in [1.165, 1.54) is 24.9 Å². The maximum Gasteiger partial charge on any atom is 0.631 e. The maximum absolute atomic E-state index is 9.85. The van der Waals surface area contributed by atoms with Gasteiger partial charge in [0.15, 0.2) is 0 Å². The van der Waals surface area contributed by atoms with E-state index in [0.717, 1.165) is 0 Å². The lowest BCUT2D eigenvalue weighted by molar-refractivity contribution is 0.278. The Morgan fingerprint density at radius 1 is 0.938 bits per heavy atom. The van der Waals surface area contributed by atoms with Crippen molar-refractivity contribution >= 4 is 7.32 Å². The predicted molar refractivity (Wildman–Crippen MR) is 51.1 cm³/mol. The molecule has 0 aliphatic heterocycles. The molecule has 0 fully saturated rings. The first-order valence-electron chi connectivity index (χ1n) is 3.81. The summed E-state index contributed by atoms with van der Waals surface area (Å²) in [5.41, 5.74) is 0. The van der Waals surface area contributed by atoms with Crippen LogP contribution in [-0.4, -0.2) is 32.4 Å². The first-order chi connectivity index (χ1) is 7.52. The zero-order valence-corrected chi connectivity index (χ0v) is 7.86. The van der Waals surface area contributed by atoms with Crippen molar-refractivity contribution in [3.8, 4) is 0 Å². The fourth-order valence-corrected chi connectivity index (χ4v) is 0.464. The van der Waals surface area contributed by atoms with Gasteiger partial charge >= 0.3 is 18.8 Å². The lowest BCUT2D eigenvalue weighted by Gasteiger charge is -1.69. The van der Waals surface area contributed by atoms with Crippen molar-refractivity contribution in [1.82, 2.24) is 9.97 Å². The van der Waals surface area contributed by atoms with E-state index in [9.17, 15) is 9.59 Å². The number of nitrogens with one attached hydrogen (secondary N) is 2. The van der Waals surface area contributed by atoms with Crippen molar-refractivity contribution in [2.24, 2.45) is 0 Å². The lowest BCUT2D eigenvalue weighted by atomic mass is 10.3. The minimum atomic E-state index is -2.17. The predicted octanol–water partition coefficient (Wildman–Crippen LogP) is -2.12. The van der Waals surface area contributed by atoms with Crippen molar-refractivity contribution in [1.29, 1.82) is 0 Å². The van der Waals surface area contributed by atoms with Gasteiger partial charge in [0.2, 0.25) is 0 Å². The molecule has 0 aliphatic carbocycles. The Labute approximate surface area is 88.2 Å². The number of oxazole rings is 2. The second-order valence-electron chi connectivity index (χ2n) is 2.05. The smallest absolute Gasteiger partial charge is 0.417 e. The van der Waals surface area contributed by atoms with E-state index in [0.29, 0.717) is 0 Å². The van der Waals surface area contributed by atoms with Crippen molar-refractivity contribution in [2.45, 2.75) is 0 Å². The summed E-state index contributed by atoms with van der Waals surface area (Å²) >= 11 is 0. The SMILES string of the molecule is O=c1[nH]cco1.O=c1[nH]cco1.OB(O)O. The van der Waals surface area contributed by atoms with Crippen LogP contribution < -0.4 is 11.5 Å². The minimum absolute atomic E-state index is 0.407. The molecule has 0 radical (unpaired) electrons. The minimum Gasteiger partial charge on any atom is -0.417 e. The van der Waals surface area contributed by atoms with Crippen LogP contribution >= 0.6 is 0 Å². The third-order valence-electron chi connectivity index (χ3n) is 0.889. The van der Waals surface area contributed by atoms with Gasteiger partial charge in [-0.15, -0.1) is 0 Å². The van der Waals surface area contributed by atoms with Crippen molar-refractivity contribution in [3.05, 3.63) is 46.0 Å². The van der Waals surface area contributed by atoms with Gasteiger partial charge in [0.1, 0.15) is 12.5 Å². The molecular formula is C6H9BN2O7. The highest BCUT2D eigenvalue weighted by Gasteiger charge is 1.92. The van der Waals surface area contributed by atoms with Gasteiger partial charge < -0.3 is 23.9 Å². The highest BCUT2D eigenvalue weighted by Crippen LogP contribution is 1.63. The van der Waals surface area contributed by atoms with Gasteiger partial charge in [0.25, 0.3) is 0 Å². The Morgan fingerprint density at radius 3 is 1.31 bits per heavy atom. The summed E-state index contributed by atoms with van der Waals surface area (Å²) in [5, 5.41) is 21.5. The van der Waals surface area contributed by atoms with Gasteiger partial charge in [-0.25, -0.2) is 9.59 Å². The maximum atomic E-state index is 9.85. The molecule has 2 aromatic heterocycles. The van der Waals surface area contributed by atoms with Crippen LogP contribution in [0.3, 0.4) is 0 Å². The van der Waals surface area contributed by atoms with E-state index in [2.05, 4.69) is 18.8 Å². The first-order valence-corrected chi connectivity index (χ1v) is 3.81. The summed E-state index contributed by atoms with van der Waals surface area (Å²) < 4.78 is 8.44. The summed E-state index contributed by atoms with van der Waals surface area (Å²) in [4.78, 5) is 24.2. The quantitative estimate of drug-likeness (QED) is 0.325. The second-order valence-corrected chi connectivity index (χ2v) is 2.05. The van der Waals surface area contributed by atoms with Gasteiger partial charge in [-0.3, -0.25) is 9.97 Å². The van der Waals surface area contributed by atoms with Crippen LogP contribution in [0.1, 0.15) is 0 Å². The van der Waals surface area contributed by atoms with Crippen LogP contribution in [0.25, 0.3) is 0 Å². The third kappa shape index (κ3) is 10.0. The summed E-state index contributed by atoms with van der Waals surface area (Å²) in [6.45, 7) is 0. The molecule has 9 nitrogen and oxygen atoms in total. The molecule has 2 aromatic rings. The molecule has 0 unspecified atom stereocenters. The Kier molecular flexibility index (Phi) is 7.23. The molecule has 0 amide bonds. The zero-order valence-electron chi connectivity index (χ0n) is 7.86. The number of aromatic nitrogens is 2. The summed E-state index contributed by atoms with van der Waals surface area (Å²) in [6.07, 6.45) is 5.45. The molecule has 0 spiro atoms. The summed E-state index contributed by atoms with van der Waals surface area (Å²) in [5.74, 6) is -0.815. The fraction of sp³-hybridized carbons (Fsp3) is 0. The van der Waals surface area contributed by atoms with Crippen molar-refractivity contribution < 1.29 is 23.9 Å². The van der Waals surface area contributed by atoms with Gasteiger partial charge in [0, 0.05) is 12.4 Å². The standard InChI is InChI=1S/2C3H3NO2.BH3O3/c2*5-3-4-1-2-6-3;2-1(3)4/h2*1-2H,(H,4,5);2-4H. The Bertz CT molecular complexity index is 379. The molecule has 5 N–H and O–H groups in total. The molecule has 0 atom stereocenters. The molecule has 0 bridgehead atoms. The second kappa shape index (κ2) is 8.29. The monoisotopic (exact) mass is 232 g/mol. The van der Waals surface area contributed by atoms with E-state index in [1.807, 2.05) is 0 Å². The van der Waals surface area contributed by atoms with E-state index < -0.39 is 18.8 Å². The summed E-state index contributed by atoms with van der Waals surface area (Å²) in [7, 11) is -2.17. The van der Waals surface area contributed by atoms with Gasteiger partial charge in [-0.2, -0.15) is 0 Å². The summed E-state index contributed by atoms with van der Waals surface area (Å²) in [6, 6.07) is 0. The van der Waals surface area contributed by atoms with Crippen LogP contribution in [0.15, 0.2) is 43.3 Å². The number of aromatic amines is 2. The van der Waals surface area contributed by atoms with E-state index in [-0.39, 0.29) is 0 Å². The third-order valence-corrected chi connectivity index (χ3v) is 0.889. The zero-order chi connectivity index (χ0) is 12.4. The van der Waals surface area contributed by atoms with Crippen LogP contribution in [0, 0.1) is 0 Å². The number of hydrogen-bond acceptors (Lipinski definition) is 7. The number of hydrogen-bond donors (Lipinski definition) is 5. The van der Waals surface area contributed by atoms with Crippen LogP contribution in [0.5, 0.6) is 0 Å². The largest absolute Gasteiger partial charge is 0.631 e. The molecule has 0 saturated heterocycles. The number of rotatable bonds is 0. The molecule has 88 valence electrons. The van der Waals surface area contributed by atoms with Gasteiger partial charge in [0.05, 0.1) is 0 Å². The van der Waals surface area contributed by atoms with Gasteiger partial charge in [-0.1, -0.05) is 0 Å². The first kappa shape index (κ1) is 14.0. The molecule has 0 aromatic carbocycles. The highest BCUT2D eigenvalue weighted by molar-refractivity contribution is 6.30. The lowest BCUT2D eigenvalue weighted by Crippen LogP contribution is -2.07. The van der Waals surface area contributed by atoms with Crippen molar-refractivity contribution in [3.63, 3.8) is 0 Å². The number of H-pyrrole nitrogens is 2. The van der Waals surface area contributed by atoms with Gasteiger partial charge in [-0.05, 0) is 0 Å². The molecule has 10 heteroatoms. The Balaban J connectivity index is 0.000000217.